The summed E-state index contributed by atoms with van der Waals surface area (Å²) in [5.74, 6) is -0.843. The molecule has 2 unspecified atom stereocenters. The molecule has 0 radical (unpaired) electrons. The van der Waals surface area contributed by atoms with Crippen LogP contribution in [0.25, 0.3) is 0 Å². The summed E-state index contributed by atoms with van der Waals surface area (Å²) in [5.41, 5.74) is 0. The van der Waals surface area contributed by atoms with Crippen LogP contribution < -0.4 is 0 Å². The molecule has 478 valence electrons. The zero-order chi connectivity index (χ0) is 61.2. The number of nitrogens with zero attached hydrogens (tertiary/aromatic N) is 1. The molecule has 84 heavy (non-hydrogen) atoms. The molecule has 0 aromatic heterocycles. The van der Waals surface area contributed by atoms with Crippen molar-refractivity contribution >= 4 is 19.8 Å². The molecule has 0 heterocycles. The van der Waals surface area contributed by atoms with Crippen LogP contribution in [0.3, 0.4) is 0 Å². The number of hydrogen-bond donors (Lipinski definition) is 1. The number of ether oxygens (including phenoxy) is 2. The topological polar surface area (TPSA) is 108 Å². The van der Waals surface area contributed by atoms with Crippen molar-refractivity contribution in [2.75, 3.05) is 47.5 Å². The molecule has 0 bridgehead atoms. The van der Waals surface area contributed by atoms with Gasteiger partial charge in [0.2, 0.25) is 0 Å². The van der Waals surface area contributed by atoms with E-state index < -0.39 is 26.5 Å². The van der Waals surface area contributed by atoms with Gasteiger partial charge in [0.15, 0.2) is 6.10 Å². The lowest BCUT2D eigenvalue weighted by Crippen LogP contribution is -2.37. The number of carbonyl (C=O) groups excluding carboxylic acids is 2. The zero-order valence-corrected chi connectivity index (χ0v) is 55.2. The van der Waals surface area contributed by atoms with E-state index >= 15 is 0 Å². The van der Waals surface area contributed by atoms with Crippen molar-refractivity contribution in [2.24, 2.45) is 0 Å². The summed E-state index contributed by atoms with van der Waals surface area (Å²) >= 11 is 0. The highest BCUT2D eigenvalue weighted by Crippen LogP contribution is 2.43. The van der Waals surface area contributed by atoms with E-state index in [-0.39, 0.29) is 32.0 Å². The van der Waals surface area contributed by atoms with Gasteiger partial charge in [0.25, 0.3) is 0 Å². The summed E-state index contributed by atoms with van der Waals surface area (Å²) < 4.78 is 34.6. The second kappa shape index (κ2) is 63.4. The maximum atomic E-state index is 12.9. The first-order chi connectivity index (χ1) is 41.0. The van der Waals surface area contributed by atoms with Crippen molar-refractivity contribution in [1.29, 1.82) is 0 Å². The molecular formula is C74H125NO8P+. The Hall–Kier alpha value is -4.11. The molecule has 0 aromatic carbocycles. The molecule has 0 spiro atoms. The molecule has 1 N–H and O–H groups in total. The van der Waals surface area contributed by atoms with Gasteiger partial charge in [-0.05, 0) is 122 Å². The summed E-state index contributed by atoms with van der Waals surface area (Å²) in [6.45, 7) is 4.26. The van der Waals surface area contributed by atoms with Crippen LogP contribution in [-0.2, 0) is 32.7 Å². The summed E-state index contributed by atoms with van der Waals surface area (Å²) in [6.07, 6.45) is 93.7. The van der Waals surface area contributed by atoms with Gasteiger partial charge in [-0.15, -0.1) is 0 Å². The van der Waals surface area contributed by atoms with Crippen LogP contribution >= 0.6 is 7.82 Å². The van der Waals surface area contributed by atoms with E-state index in [0.717, 1.165) is 109 Å². The highest BCUT2D eigenvalue weighted by atomic mass is 31.2. The zero-order valence-electron chi connectivity index (χ0n) is 54.3. The third kappa shape index (κ3) is 67.0. The summed E-state index contributed by atoms with van der Waals surface area (Å²) in [4.78, 5) is 35.8. The van der Waals surface area contributed by atoms with Crippen LogP contribution in [0.5, 0.6) is 0 Å². The summed E-state index contributed by atoms with van der Waals surface area (Å²) in [5, 5.41) is 0. The number of phosphoric ester groups is 1. The SMILES string of the molecule is CC/C=C\C/C=C\C/C=C\C/C=C\C/C=C\C/C=C\C/C=C\C/C=C\C/C=C\CCCCCC(=O)OC(COC(=O)CCCCCCCCCCCCCCCC/C=C\C/C=C\C/C=C\CCCCCCC)COP(=O)(O)OCC[N+](C)(C)C. The lowest BCUT2D eigenvalue weighted by Gasteiger charge is -2.24. The van der Waals surface area contributed by atoms with Gasteiger partial charge in [-0.25, -0.2) is 4.57 Å². The van der Waals surface area contributed by atoms with Crippen LogP contribution in [0.1, 0.15) is 258 Å². The second-order valence-corrected chi connectivity index (χ2v) is 24.6. The third-order valence-electron chi connectivity index (χ3n) is 13.9. The smallest absolute Gasteiger partial charge is 0.462 e. The maximum Gasteiger partial charge on any atom is 0.472 e. The Morgan fingerprint density at radius 1 is 0.381 bits per heavy atom. The first-order valence-corrected chi connectivity index (χ1v) is 35.1. The van der Waals surface area contributed by atoms with E-state index in [4.69, 9.17) is 18.5 Å². The average molecular weight is 1190 g/mol. The van der Waals surface area contributed by atoms with Gasteiger partial charge in [-0.3, -0.25) is 18.6 Å². The minimum absolute atomic E-state index is 0.0170. The molecule has 0 saturated heterocycles. The van der Waals surface area contributed by atoms with Crippen LogP contribution in [0.4, 0.5) is 0 Å². The lowest BCUT2D eigenvalue weighted by molar-refractivity contribution is -0.870. The van der Waals surface area contributed by atoms with Crippen molar-refractivity contribution in [3.63, 3.8) is 0 Å². The monoisotopic (exact) mass is 1190 g/mol. The number of phosphoric acid groups is 1. The molecule has 2 atom stereocenters. The maximum absolute atomic E-state index is 12.9. The molecule has 9 nitrogen and oxygen atoms in total. The second-order valence-electron chi connectivity index (χ2n) is 23.1. The number of unbranched alkanes of at least 4 members (excludes halogenated alkanes) is 22. The van der Waals surface area contributed by atoms with Crippen molar-refractivity contribution in [3.05, 3.63) is 146 Å². The van der Waals surface area contributed by atoms with Gasteiger partial charge >= 0.3 is 19.8 Å². The number of hydrogen-bond acceptors (Lipinski definition) is 7. The quantitative estimate of drug-likeness (QED) is 0.0211. The van der Waals surface area contributed by atoms with E-state index in [2.05, 4.69) is 160 Å². The van der Waals surface area contributed by atoms with Crippen LogP contribution in [-0.4, -0.2) is 74.9 Å². The van der Waals surface area contributed by atoms with Crippen molar-refractivity contribution in [1.82, 2.24) is 0 Å². The Labute approximate surface area is 516 Å². The first-order valence-electron chi connectivity index (χ1n) is 33.6. The molecule has 0 aliphatic carbocycles. The fraction of sp³-hybridized carbons (Fsp3) is 0.649. The Bertz CT molecular complexity index is 1930. The van der Waals surface area contributed by atoms with Crippen LogP contribution in [0, 0.1) is 0 Å². The van der Waals surface area contributed by atoms with Crippen molar-refractivity contribution in [3.8, 4) is 0 Å². The third-order valence-corrected chi connectivity index (χ3v) is 14.8. The standard InChI is InChI=1S/C74H124NO8P/c1-6-8-10-12-14-16-18-20-22-24-26-28-30-32-34-36-37-39-41-43-45-47-49-51-53-55-57-59-61-63-65-67-74(77)83-72(71-82-84(78,79)81-69-68-75(3,4)5)70-80-73(76)66-64-62-60-58-56-54-52-50-48-46-44-42-40-38-35-33-31-29-27-25-23-21-19-17-15-13-11-9-7-2/h8,10,14,16,19-22,25-28,31-34,37,39,43,45,49,51,55,57,72H,6-7,9,11-13,15,17-18,23-24,29-30,35-36,38,40-42,44,46-48,50,52-54,56,58-71H2,1-5H3/p+1/b10-8-,16-14-,21-19-,22-20-,27-25-,28-26-,33-31-,34-32-,39-37-,45-43-,51-49-,57-55-. The molecule has 0 rings (SSSR count). The highest BCUT2D eigenvalue weighted by Gasteiger charge is 2.27. The Kier molecular flexibility index (Phi) is 60.3. The number of rotatable bonds is 60. The molecule has 0 amide bonds. The summed E-state index contributed by atoms with van der Waals surface area (Å²) in [7, 11) is 1.44. The number of allylic oxidation sites excluding steroid dienone is 24. The van der Waals surface area contributed by atoms with Gasteiger partial charge < -0.3 is 18.9 Å². The number of carbonyl (C=O) groups is 2. The van der Waals surface area contributed by atoms with Crippen LogP contribution in [0.15, 0.2) is 146 Å². The van der Waals surface area contributed by atoms with E-state index in [9.17, 15) is 19.0 Å². The van der Waals surface area contributed by atoms with Crippen molar-refractivity contribution < 1.29 is 42.1 Å². The largest absolute Gasteiger partial charge is 0.472 e. The normalized spacial score (nSPS) is 14.1. The molecule has 0 saturated carbocycles. The first kappa shape index (κ1) is 79.9. The van der Waals surface area contributed by atoms with Crippen molar-refractivity contribution in [2.45, 2.75) is 264 Å². The van der Waals surface area contributed by atoms with E-state index in [1.165, 1.54) is 116 Å². The molecular weight excluding hydrogens is 1060 g/mol. The predicted octanol–water partition coefficient (Wildman–Crippen LogP) is 21.8. The minimum Gasteiger partial charge on any atom is -0.462 e. The van der Waals surface area contributed by atoms with Gasteiger partial charge in [0, 0.05) is 12.8 Å². The number of quaternary nitrogens is 1. The van der Waals surface area contributed by atoms with Gasteiger partial charge in [0.05, 0.1) is 27.7 Å². The van der Waals surface area contributed by atoms with Crippen LogP contribution in [0.2, 0.25) is 0 Å². The molecule has 0 fully saturated rings. The van der Waals surface area contributed by atoms with Gasteiger partial charge in [-0.1, -0.05) is 269 Å². The molecule has 0 aliphatic heterocycles. The predicted molar refractivity (Wildman–Crippen MR) is 362 cm³/mol. The Morgan fingerprint density at radius 2 is 0.679 bits per heavy atom. The Balaban J connectivity index is 4.20. The molecule has 10 heteroatoms. The van der Waals surface area contributed by atoms with E-state index in [0.29, 0.717) is 17.4 Å². The van der Waals surface area contributed by atoms with Gasteiger partial charge in [-0.2, -0.15) is 0 Å². The van der Waals surface area contributed by atoms with E-state index in [1.807, 2.05) is 21.1 Å². The number of likely N-dealkylation sites (N-methyl/N-ethyl adjacent to an activating group) is 1. The summed E-state index contributed by atoms with van der Waals surface area (Å²) in [6, 6.07) is 0. The van der Waals surface area contributed by atoms with E-state index in [1.54, 1.807) is 0 Å². The Morgan fingerprint density at radius 3 is 1.02 bits per heavy atom. The minimum atomic E-state index is -4.41. The fourth-order valence-electron chi connectivity index (χ4n) is 8.72. The lowest BCUT2D eigenvalue weighted by atomic mass is 10.0. The number of esters is 2. The highest BCUT2D eigenvalue weighted by molar-refractivity contribution is 7.47. The molecule has 0 aromatic rings. The van der Waals surface area contributed by atoms with Gasteiger partial charge in [0.1, 0.15) is 19.8 Å². The molecule has 0 aliphatic rings. The fourth-order valence-corrected chi connectivity index (χ4v) is 9.46. The average Bonchev–Trinajstić information content (AvgIpc) is 3.61.